The van der Waals surface area contributed by atoms with E-state index in [1.54, 1.807) is 13.1 Å². The smallest absolute Gasteiger partial charge is 0.216 e. The molecule has 0 aliphatic carbocycles. The number of unbranched alkanes of at least 4 members (excludes halogenated alkanes) is 1. The van der Waals surface area contributed by atoms with E-state index < -0.39 is 0 Å². The first-order valence-electron chi connectivity index (χ1n) is 12.8. The molecule has 3 aromatic carbocycles. The number of nitrogens with one attached hydrogen (secondary N) is 1. The second-order valence-electron chi connectivity index (χ2n) is 9.10. The number of amides is 1. The molecular formula is C32H34N2O3. The summed E-state index contributed by atoms with van der Waals surface area (Å²) in [5.41, 5.74) is 6.94. The zero-order valence-electron chi connectivity index (χ0n) is 21.6. The number of aromatic nitrogens is 1. The predicted molar refractivity (Wildman–Crippen MR) is 148 cm³/mol. The van der Waals surface area contributed by atoms with Crippen molar-refractivity contribution in [2.75, 3.05) is 6.54 Å². The second-order valence-corrected chi connectivity index (χ2v) is 9.10. The monoisotopic (exact) mass is 494 g/mol. The Labute approximate surface area is 219 Å². The van der Waals surface area contributed by atoms with Gasteiger partial charge in [-0.1, -0.05) is 60.7 Å². The number of carbonyl (C=O) groups excluding carboxylic acids is 1. The normalized spacial score (nSPS) is 10.6. The van der Waals surface area contributed by atoms with E-state index in [0.717, 1.165) is 47.5 Å². The fourth-order valence-electron chi connectivity index (χ4n) is 4.25. The molecule has 0 fully saturated rings. The van der Waals surface area contributed by atoms with Crippen molar-refractivity contribution in [2.24, 2.45) is 0 Å². The summed E-state index contributed by atoms with van der Waals surface area (Å²) < 4.78 is 12.5. The highest BCUT2D eigenvalue weighted by Crippen LogP contribution is 2.30. The van der Waals surface area contributed by atoms with E-state index in [9.17, 15) is 4.79 Å². The van der Waals surface area contributed by atoms with Gasteiger partial charge < -0.3 is 14.8 Å². The lowest BCUT2D eigenvalue weighted by atomic mass is 9.97. The Morgan fingerprint density at radius 3 is 2.51 bits per heavy atom. The van der Waals surface area contributed by atoms with Crippen LogP contribution in [0.3, 0.4) is 0 Å². The van der Waals surface area contributed by atoms with Crippen LogP contribution in [0.1, 0.15) is 42.0 Å². The molecule has 0 aliphatic heterocycles. The van der Waals surface area contributed by atoms with E-state index in [1.807, 2.05) is 36.5 Å². The summed E-state index contributed by atoms with van der Waals surface area (Å²) >= 11 is 0. The number of hydrogen-bond acceptors (Lipinski definition) is 4. The number of ether oxygens (including phenoxy) is 2. The van der Waals surface area contributed by atoms with E-state index in [4.69, 9.17) is 9.47 Å². The molecule has 0 atom stereocenters. The third kappa shape index (κ3) is 7.68. The standard InChI is InChI=1S/C32H34N2O3/c1-24-29(14-8-15-31(24)27-11-4-3-5-12-27)23-36-30-17-16-28(13-6-7-19-34-25(2)35)32(20-30)37-22-26-10-9-18-33-21-26/h3-5,8-12,14-18,20-21H,6-7,13,19,22-23H2,1-2H3,(H,34,35). The van der Waals surface area contributed by atoms with Crippen molar-refractivity contribution in [3.8, 4) is 22.6 Å². The number of rotatable bonds is 12. The van der Waals surface area contributed by atoms with Crippen molar-refractivity contribution in [2.45, 2.75) is 46.3 Å². The minimum absolute atomic E-state index is 0.00605. The van der Waals surface area contributed by atoms with Gasteiger partial charge in [-0.05, 0) is 66.1 Å². The lowest BCUT2D eigenvalue weighted by Gasteiger charge is -2.16. The van der Waals surface area contributed by atoms with Gasteiger partial charge in [0, 0.05) is 37.5 Å². The molecule has 37 heavy (non-hydrogen) atoms. The SMILES string of the molecule is CC(=O)NCCCCc1ccc(OCc2cccc(-c3ccccc3)c2C)cc1OCc1cccnc1. The molecule has 1 aromatic heterocycles. The van der Waals surface area contributed by atoms with Crippen LogP contribution in [0.25, 0.3) is 11.1 Å². The first-order valence-corrected chi connectivity index (χ1v) is 12.8. The maximum absolute atomic E-state index is 11.1. The largest absolute Gasteiger partial charge is 0.489 e. The summed E-state index contributed by atoms with van der Waals surface area (Å²) in [5, 5.41) is 2.86. The second kappa shape index (κ2) is 13.3. The summed E-state index contributed by atoms with van der Waals surface area (Å²) in [5.74, 6) is 1.59. The number of benzene rings is 3. The Balaban J connectivity index is 1.46. The van der Waals surface area contributed by atoms with E-state index in [1.165, 1.54) is 16.7 Å². The molecule has 0 radical (unpaired) electrons. The molecule has 190 valence electrons. The van der Waals surface area contributed by atoms with Crippen molar-refractivity contribution < 1.29 is 14.3 Å². The Bertz CT molecular complexity index is 1290. The minimum atomic E-state index is 0.00605. The fourth-order valence-corrected chi connectivity index (χ4v) is 4.25. The van der Waals surface area contributed by atoms with E-state index >= 15 is 0 Å². The molecule has 0 aliphatic rings. The fraction of sp³-hybridized carbons (Fsp3) is 0.250. The maximum Gasteiger partial charge on any atom is 0.216 e. The highest BCUT2D eigenvalue weighted by Gasteiger charge is 2.10. The average molecular weight is 495 g/mol. The van der Waals surface area contributed by atoms with Crippen molar-refractivity contribution in [1.29, 1.82) is 0 Å². The molecule has 5 nitrogen and oxygen atoms in total. The van der Waals surface area contributed by atoms with Gasteiger partial charge >= 0.3 is 0 Å². The van der Waals surface area contributed by atoms with Crippen LogP contribution in [0.4, 0.5) is 0 Å². The molecule has 0 bridgehead atoms. The van der Waals surface area contributed by atoms with Crippen LogP contribution in [0.15, 0.2) is 91.3 Å². The maximum atomic E-state index is 11.1. The topological polar surface area (TPSA) is 60.5 Å². The van der Waals surface area contributed by atoms with Crippen LogP contribution >= 0.6 is 0 Å². The number of carbonyl (C=O) groups is 1. The van der Waals surface area contributed by atoms with Crippen molar-refractivity contribution >= 4 is 5.91 Å². The van der Waals surface area contributed by atoms with Crippen LogP contribution in [0.2, 0.25) is 0 Å². The van der Waals surface area contributed by atoms with E-state index in [0.29, 0.717) is 19.8 Å². The third-order valence-electron chi connectivity index (χ3n) is 6.33. The van der Waals surface area contributed by atoms with Gasteiger partial charge in [0.2, 0.25) is 5.91 Å². The number of hydrogen-bond donors (Lipinski definition) is 1. The summed E-state index contributed by atoms with van der Waals surface area (Å²) in [7, 11) is 0. The number of aryl methyl sites for hydroxylation is 1. The first kappa shape index (κ1) is 26.0. The summed E-state index contributed by atoms with van der Waals surface area (Å²) in [4.78, 5) is 15.3. The molecule has 0 spiro atoms. The van der Waals surface area contributed by atoms with Crippen LogP contribution in [-0.4, -0.2) is 17.4 Å². The molecular weight excluding hydrogens is 460 g/mol. The minimum Gasteiger partial charge on any atom is -0.489 e. The molecule has 1 heterocycles. The Hall–Kier alpha value is -4.12. The van der Waals surface area contributed by atoms with Gasteiger partial charge in [0.15, 0.2) is 0 Å². The van der Waals surface area contributed by atoms with Crippen LogP contribution < -0.4 is 14.8 Å². The van der Waals surface area contributed by atoms with Gasteiger partial charge in [-0.15, -0.1) is 0 Å². The van der Waals surface area contributed by atoms with Crippen LogP contribution in [-0.2, 0) is 24.4 Å². The van der Waals surface area contributed by atoms with Gasteiger partial charge in [0.05, 0.1) is 0 Å². The molecule has 0 saturated carbocycles. The van der Waals surface area contributed by atoms with Crippen molar-refractivity contribution in [3.63, 3.8) is 0 Å². The van der Waals surface area contributed by atoms with Gasteiger partial charge in [0.1, 0.15) is 24.7 Å². The van der Waals surface area contributed by atoms with Gasteiger partial charge in [0.25, 0.3) is 0 Å². The summed E-state index contributed by atoms with van der Waals surface area (Å²) in [6.45, 7) is 5.29. The lowest BCUT2D eigenvalue weighted by molar-refractivity contribution is -0.118. The summed E-state index contributed by atoms with van der Waals surface area (Å²) in [6, 6.07) is 26.8. The predicted octanol–water partition coefficient (Wildman–Crippen LogP) is 6.67. The Morgan fingerprint density at radius 1 is 0.865 bits per heavy atom. The van der Waals surface area contributed by atoms with Gasteiger partial charge in [-0.2, -0.15) is 0 Å². The summed E-state index contributed by atoms with van der Waals surface area (Å²) in [6.07, 6.45) is 6.30. The Kier molecular flexibility index (Phi) is 9.30. The third-order valence-corrected chi connectivity index (χ3v) is 6.33. The highest BCUT2D eigenvalue weighted by molar-refractivity contribution is 5.72. The quantitative estimate of drug-likeness (QED) is 0.223. The molecule has 1 amide bonds. The molecule has 5 heteroatoms. The lowest BCUT2D eigenvalue weighted by Crippen LogP contribution is -2.20. The Morgan fingerprint density at radius 2 is 1.73 bits per heavy atom. The highest BCUT2D eigenvalue weighted by atomic mass is 16.5. The van der Waals surface area contributed by atoms with Crippen LogP contribution in [0, 0.1) is 6.92 Å². The van der Waals surface area contributed by atoms with Gasteiger partial charge in [-0.3, -0.25) is 9.78 Å². The van der Waals surface area contributed by atoms with E-state index in [-0.39, 0.29) is 5.91 Å². The number of pyridine rings is 1. The van der Waals surface area contributed by atoms with Gasteiger partial charge in [-0.25, -0.2) is 0 Å². The van der Waals surface area contributed by atoms with Crippen LogP contribution in [0.5, 0.6) is 11.5 Å². The molecule has 0 unspecified atom stereocenters. The zero-order chi connectivity index (χ0) is 25.9. The average Bonchev–Trinajstić information content (AvgIpc) is 2.92. The van der Waals surface area contributed by atoms with Crippen molar-refractivity contribution in [1.82, 2.24) is 10.3 Å². The van der Waals surface area contributed by atoms with E-state index in [2.05, 4.69) is 65.8 Å². The van der Waals surface area contributed by atoms with Crippen molar-refractivity contribution in [3.05, 3.63) is 114 Å². The first-order chi connectivity index (χ1) is 18.1. The molecule has 1 N–H and O–H groups in total. The zero-order valence-corrected chi connectivity index (χ0v) is 21.6. The number of nitrogens with zero attached hydrogens (tertiary/aromatic N) is 1. The molecule has 4 aromatic rings. The molecule has 4 rings (SSSR count). The molecule has 0 saturated heterocycles.